The fourth-order valence-electron chi connectivity index (χ4n) is 1.72. The molecule has 17 heavy (non-hydrogen) atoms. The third kappa shape index (κ3) is 3.64. The van der Waals surface area contributed by atoms with Crippen LogP contribution in [0.3, 0.4) is 0 Å². The SMILES string of the molecule is FC(F)COc1ccc(C2CNCCO2)cc1. The second kappa shape index (κ2) is 5.93. The summed E-state index contributed by atoms with van der Waals surface area (Å²) in [6.07, 6.45) is -2.41. The molecular formula is C12H15F2NO2. The zero-order valence-electron chi connectivity index (χ0n) is 9.36. The molecule has 0 spiro atoms. The fourth-order valence-corrected chi connectivity index (χ4v) is 1.72. The molecule has 1 fully saturated rings. The number of ether oxygens (including phenoxy) is 2. The minimum Gasteiger partial charge on any atom is -0.488 e. The number of alkyl halides is 2. The highest BCUT2D eigenvalue weighted by molar-refractivity contribution is 5.29. The fraction of sp³-hybridized carbons (Fsp3) is 0.500. The minimum atomic E-state index is -2.44. The molecule has 0 radical (unpaired) electrons. The van der Waals surface area contributed by atoms with E-state index in [2.05, 4.69) is 5.32 Å². The van der Waals surface area contributed by atoms with Gasteiger partial charge in [-0.25, -0.2) is 8.78 Å². The Balaban J connectivity index is 1.92. The molecule has 1 aliphatic rings. The first-order valence-corrected chi connectivity index (χ1v) is 5.59. The van der Waals surface area contributed by atoms with E-state index in [4.69, 9.17) is 9.47 Å². The van der Waals surface area contributed by atoms with Crippen molar-refractivity contribution < 1.29 is 18.3 Å². The Morgan fingerprint density at radius 1 is 1.35 bits per heavy atom. The third-order valence-electron chi connectivity index (χ3n) is 2.56. The molecular weight excluding hydrogens is 228 g/mol. The van der Waals surface area contributed by atoms with E-state index < -0.39 is 13.0 Å². The van der Waals surface area contributed by atoms with Gasteiger partial charge in [-0.15, -0.1) is 0 Å². The molecule has 2 rings (SSSR count). The molecule has 0 aromatic heterocycles. The van der Waals surface area contributed by atoms with Crippen LogP contribution in [0, 0.1) is 0 Å². The Kier molecular flexibility index (Phi) is 4.28. The van der Waals surface area contributed by atoms with Crippen LogP contribution in [0.1, 0.15) is 11.7 Å². The molecule has 0 bridgehead atoms. The van der Waals surface area contributed by atoms with Crippen molar-refractivity contribution in [2.45, 2.75) is 12.5 Å². The smallest absolute Gasteiger partial charge is 0.272 e. The summed E-state index contributed by atoms with van der Waals surface area (Å²) in [4.78, 5) is 0. The summed E-state index contributed by atoms with van der Waals surface area (Å²) in [5.41, 5.74) is 1.03. The highest BCUT2D eigenvalue weighted by Gasteiger charge is 2.15. The van der Waals surface area contributed by atoms with Crippen LogP contribution in [0.2, 0.25) is 0 Å². The molecule has 1 saturated heterocycles. The predicted octanol–water partition coefficient (Wildman–Crippen LogP) is 1.99. The Hall–Kier alpha value is -1.20. The molecule has 0 aliphatic carbocycles. The van der Waals surface area contributed by atoms with Crippen LogP contribution in [0.4, 0.5) is 8.78 Å². The van der Waals surface area contributed by atoms with Crippen LogP contribution in [-0.4, -0.2) is 32.7 Å². The third-order valence-corrected chi connectivity index (χ3v) is 2.56. The zero-order valence-corrected chi connectivity index (χ0v) is 9.36. The number of rotatable bonds is 4. The molecule has 1 aliphatic heterocycles. The highest BCUT2D eigenvalue weighted by Crippen LogP contribution is 2.21. The first-order chi connectivity index (χ1) is 8.25. The second-order valence-electron chi connectivity index (χ2n) is 3.83. The van der Waals surface area contributed by atoms with Crippen molar-refractivity contribution in [1.82, 2.24) is 5.32 Å². The Morgan fingerprint density at radius 2 is 2.12 bits per heavy atom. The standard InChI is InChI=1S/C12H15F2NO2/c13-12(14)8-17-10-3-1-9(2-4-10)11-7-15-5-6-16-11/h1-4,11-12,15H,5-8H2. The lowest BCUT2D eigenvalue weighted by Crippen LogP contribution is -2.33. The number of benzene rings is 1. The second-order valence-corrected chi connectivity index (χ2v) is 3.83. The first kappa shape index (κ1) is 12.3. The van der Waals surface area contributed by atoms with Gasteiger partial charge in [-0.1, -0.05) is 12.1 Å². The van der Waals surface area contributed by atoms with Crippen molar-refractivity contribution in [2.75, 3.05) is 26.3 Å². The van der Waals surface area contributed by atoms with Gasteiger partial charge in [0.15, 0.2) is 0 Å². The van der Waals surface area contributed by atoms with Crippen molar-refractivity contribution >= 4 is 0 Å². The summed E-state index contributed by atoms with van der Waals surface area (Å²) in [5, 5.41) is 3.23. The maximum absolute atomic E-state index is 11.9. The topological polar surface area (TPSA) is 30.5 Å². The average molecular weight is 243 g/mol. The Labute approximate surface area is 98.7 Å². The zero-order chi connectivity index (χ0) is 12.1. The molecule has 1 N–H and O–H groups in total. The molecule has 1 aromatic carbocycles. The van der Waals surface area contributed by atoms with Crippen LogP contribution in [0.5, 0.6) is 5.75 Å². The summed E-state index contributed by atoms with van der Waals surface area (Å²) in [5.74, 6) is 0.456. The molecule has 1 heterocycles. The lowest BCUT2D eigenvalue weighted by Gasteiger charge is -2.24. The van der Waals surface area contributed by atoms with Crippen LogP contribution in [0.25, 0.3) is 0 Å². The molecule has 1 aromatic rings. The lowest BCUT2D eigenvalue weighted by atomic mass is 10.1. The van der Waals surface area contributed by atoms with E-state index in [-0.39, 0.29) is 6.10 Å². The number of hydrogen-bond donors (Lipinski definition) is 1. The quantitative estimate of drug-likeness (QED) is 0.877. The highest BCUT2D eigenvalue weighted by atomic mass is 19.3. The minimum absolute atomic E-state index is 0.0351. The van der Waals surface area contributed by atoms with E-state index in [1.165, 1.54) is 0 Å². The van der Waals surface area contributed by atoms with Crippen molar-refractivity contribution in [3.63, 3.8) is 0 Å². The van der Waals surface area contributed by atoms with Crippen LogP contribution >= 0.6 is 0 Å². The van der Waals surface area contributed by atoms with E-state index in [0.29, 0.717) is 12.4 Å². The summed E-state index contributed by atoms with van der Waals surface area (Å²) >= 11 is 0. The number of hydrogen-bond acceptors (Lipinski definition) is 3. The Morgan fingerprint density at radius 3 is 2.71 bits per heavy atom. The maximum atomic E-state index is 11.9. The molecule has 0 amide bonds. The van der Waals surface area contributed by atoms with Gasteiger partial charge < -0.3 is 14.8 Å². The summed E-state index contributed by atoms with van der Waals surface area (Å²) < 4.78 is 34.4. The van der Waals surface area contributed by atoms with Gasteiger partial charge >= 0.3 is 0 Å². The molecule has 0 saturated carbocycles. The molecule has 1 unspecified atom stereocenters. The van der Waals surface area contributed by atoms with E-state index in [0.717, 1.165) is 18.7 Å². The first-order valence-electron chi connectivity index (χ1n) is 5.59. The van der Waals surface area contributed by atoms with Gasteiger partial charge in [0.2, 0.25) is 0 Å². The van der Waals surface area contributed by atoms with Crippen molar-refractivity contribution in [3.05, 3.63) is 29.8 Å². The summed E-state index contributed by atoms with van der Waals surface area (Å²) in [7, 11) is 0. The van der Waals surface area contributed by atoms with Gasteiger partial charge in [0.25, 0.3) is 6.43 Å². The lowest BCUT2D eigenvalue weighted by molar-refractivity contribution is 0.0276. The molecule has 5 heteroatoms. The van der Waals surface area contributed by atoms with Gasteiger partial charge in [-0.3, -0.25) is 0 Å². The molecule has 3 nitrogen and oxygen atoms in total. The van der Waals surface area contributed by atoms with Crippen molar-refractivity contribution in [2.24, 2.45) is 0 Å². The molecule has 94 valence electrons. The van der Waals surface area contributed by atoms with Gasteiger partial charge in [0.05, 0.1) is 12.7 Å². The predicted molar refractivity (Wildman–Crippen MR) is 59.5 cm³/mol. The monoisotopic (exact) mass is 243 g/mol. The van der Waals surface area contributed by atoms with Gasteiger partial charge in [-0.2, -0.15) is 0 Å². The van der Waals surface area contributed by atoms with E-state index in [9.17, 15) is 8.78 Å². The van der Waals surface area contributed by atoms with Gasteiger partial charge in [0.1, 0.15) is 12.4 Å². The average Bonchev–Trinajstić information content (AvgIpc) is 2.38. The van der Waals surface area contributed by atoms with Crippen molar-refractivity contribution in [1.29, 1.82) is 0 Å². The number of nitrogens with one attached hydrogen (secondary N) is 1. The Bertz CT molecular complexity index is 337. The summed E-state index contributed by atoms with van der Waals surface area (Å²) in [6.45, 7) is 1.76. The van der Waals surface area contributed by atoms with E-state index >= 15 is 0 Å². The largest absolute Gasteiger partial charge is 0.488 e. The van der Waals surface area contributed by atoms with Gasteiger partial charge in [0, 0.05) is 13.1 Å². The number of halogens is 2. The van der Waals surface area contributed by atoms with E-state index in [1.54, 1.807) is 12.1 Å². The summed E-state index contributed by atoms with van der Waals surface area (Å²) in [6, 6.07) is 7.07. The maximum Gasteiger partial charge on any atom is 0.272 e. The van der Waals surface area contributed by atoms with Crippen molar-refractivity contribution in [3.8, 4) is 5.75 Å². The normalized spacial score (nSPS) is 20.5. The molecule has 1 atom stereocenters. The number of morpholine rings is 1. The van der Waals surface area contributed by atoms with Crippen LogP contribution in [0.15, 0.2) is 24.3 Å². The van der Waals surface area contributed by atoms with Crippen LogP contribution in [-0.2, 0) is 4.74 Å². The van der Waals surface area contributed by atoms with Gasteiger partial charge in [-0.05, 0) is 17.7 Å². The van der Waals surface area contributed by atoms with Crippen LogP contribution < -0.4 is 10.1 Å². The van der Waals surface area contributed by atoms with E-state index in [1.807, 2.05) is 12.1 Å².